The van der Waals surface area contributed by atoms with E-state index in [0.717, 1.165) is 6.26 Å². The number of hydrogen-bond acceptors (Lipinski definition) is 2. The molecular formula is C4H5F3O2. The molecule has 0 aromatic rings. The summed E-state index contributed by atoms with van der Waals surface area (Å²) in [5.74, 6) is 0. The molecule has 0 heterocycles. The molecule has 0 rings (SSSR count). The Labute approximate surface area is 49.9 Å². The quantitative estimate of drug-likeness (QED) is 0.545. The molecule has 0 aromatic carbocycles. The Balaban J connectivity index is 3.38. The van der Waals surface area contributed by atoms with Crippen LogP contribution in [0.15, 0.2) is 12.5 Å². The van der Waals surface area contributed by atoms with Crippen LogP contribution in [-0.2, 0) is 9.47 Å². The summed E-state index contributed by atoms with van der Waals surface area (Å²) in [6.07, 6.45) is -3.41. The normalized spacial score (nSPS) is 12.0. The van der Waals surface area contributed by atoms with Crippen LogP contribution in [0.4, 0.5) is 13.2 Å². The fourth-order valence-electron chi connectivity index (χ4n) is 0.160. The van der Waals surface area contributed by atoms with Crippen LogP contribution in [0.5, 0.6) is 0 Å². The Hall–Kier alpha value is -0.870. The highest BCUT2D eigenvalue weighted by Gasteiger charge is 2.28. The Morgan fingerprint density at radius 1 is 1.22 bits per heavy atom. The van der Waals surface area contributed by atoms with Gasteiger partial charge in [0.2, 0.25) is 0 Å². The molecule has 0 aromatic heterocycles. The van der Waals surface area contributed by atoms with Crippen molar-refractivity contribution in [3.63, 3.8) is 0 Å². The van der Waals surface area contributed by atoms with E-state index < -0.39 is 6.36 Å². The van der Waals surface area contributed by atoms with Crippen molar-refractivity contribution in [1.82, 2.24) is 0 Å². The van der Waals surface area contributed by atoms with Gasteiger partial charge in [0.05, 0.1) is 7.11 Å². The molecule has 9 heavy (non-hydrogen) atoms. The van der Waals surface area contributed by atoms with Gasteiger partial charge in [0.25, 0.3) is 0 Å². The van der Waals surface area contributed by atoms with E-state index in [0.29, 0.717) is 6.26 Å². The van der Waals surface area contributed by atoms with Crippen molar-refractivity contribution in [3.8, 4) is 0 Å². The van der Waals surface area contributed by atoms with Crippen molar-refractivity contribution in [2.75, 3.05) is 7.11 Å². The second kappa shape index (κ2) is 3.21. The van der Waals surface area contributed by atoms with Crippen molar-refractivity contribution < 1.29 is 22.6 Å². The SMILES string of the molecule is COC=COC(F)(F)F. The number of alkyl halides is 3. The highest BCUT2D eigenvalue weighted by Crippen LogP contribution is 2.15. The number of halogens is 3. The monoisotopic (exact) mass is 142 g/mol. The van der Waals surface area contributed by atoms with Gasteiger partial charge in [-0.1, -0.05) is 0 Å². The number of hydrogen-bond donors (Lipinski definition) is 0. The fourth-order valence-corrected chi connectivity index (χ4v) is 0.160. The van der Waals surface area contributed by atoms with Crippen LogP contribution in [0.3, 0.4) is 0 Å². The van der Waals surface area contributed by atoms with Crippen molar-refractivity contribution in [2.24, 2.45) is 0 Å². The zero-order chi connectivity index (χ0) is 7.33. The Morgan fingerprint density at radius 3 is 2.11 bits per heavy atom. The summed E-state index contributed by atoms with van der Waals surface area (Å²) >= 11 is 0. The lowest BCUT2D eigenvalue weighted by Crippen LogP contribution is -2.08. The van der Waals surface area contributed by atoms with Gasteiger partial charge in [-0.15, -0.1) is 13.2 Å². The smallest absolute Gasteiger partial charge is 0.501 e. The molecule has 0 fully saturated rings. The zero-order valence-corrected chi connectivity index (χ0v) is 4.61. The molecule has 0 amide bonds. The summed E-state index contributed by atoms with van der Waals surface area (Å²) < 4.78 is 40.4. The summed E-state index contributed by atoms with van der Waals surface area (Å²) in [5, 5.41) is 0. The van der Waals surface area contributed by atoms with E-state index in [1.165, 1.54) is 7.11 Å². The van der Waals surface area contributed by atoms with Crippen LogP contribution < -0.4 is 0 Å². The van der Waals surface area contributed by atoms with Crippen LogP contribution in [-0.4, -0.2) is 13.5 Å². The predicted octanol–water partition coefficient (Wildman–Crippen LogP) is 1.64. The molecule has 0 saturated heterocycles. The Morgan fingerprint density at radius 2 is 1.78 bits per heavy atom. The van der Waals surface area contributed by atoms with Crippen LogP contribution in [0, 0.1) is 0 Å². The summed E-state index contributed by atoms with van der Waals surface area (Å²) in [7, 11) is 1.22. The molecule has 0 unspecified atom stereocenters. The third kappa shape index (κ3) is 7.13. The van der Waals surface area contributed by atoms with Crippen LogP contribution in [0.1, 0.15) is 0 Å². The first-order chi connectivity index (χ1) is 4.06. The molecule has 0 aliphatic heterocycles. The molecule has 0 aliphatic rings. The van der Waals surface area contributed by atoms with Gasteiger partial charge in [0.1, 0.15) is 12.5 Å². The topological polar surface area (TPSA) is 18.5 Å². The zero-order valence-electron chi connectivity index (χ0n) is 4.61. The lowest BCUT2D eigenvalue weighted by atomic mass is 11.0. The maximum absolute atomic E-state index is 11.0. The highest BCUT2D eigenvalue weighted by atomic mass is 19.4. The lowest BCUT2D eigenvalue weighted by Gasteiger charge is -2.01. The molecule has 0 radical (unpaired) electrons. The predicted molar refractivity (Wildman–Crippen MR) is 23.3 cm³/mol. The van der Waals surface area contributed by atoms with Crippen LogP contribution >= 0.6 is 0 Å². The first kappa shape index (κ1) is 8.13. The summed E-state index contributed by atoms with van der Waals surface area (Å²) in [6, 6.07) is 0. The molecule has 54 valence electrons. The minimum Gasteiger partial charge on any atom is -0.501 e. The minimum absolute atomic E-state index is 0.417. The van der Waals surface area contributed by atoms with Gasteiger partial charge < -0.3 is 9.47 Å². The average Bonchev–Trinajstić information content (AvgIpc) is 1.63. The molecule has 0 aliphatic carbocycles. The number of rotatable bonds is 2. The molecule has 0 N–H and O–H groups in total. The van der Waals surface area contributed by atoms with E-state index in [1.54, 1.807) is 0 Å². The van der Waals surface area contributed by atoms with Gasteiger partial charge in [-0.05, 0) is 0 Å². The molecule has 2 nitrogen and oxygen atoms in total. The van der Waals surface area contributed by atoms with E-state index in [-0.39, 0.29) is 0 Å². The lowest BCUT2D eigenvalue weighted by molar-refractivity contribution is -0.298. The van der Waals surface area contributed by atoms with Crippen LogP contribution in [0.2, 0.25) is 0 Å². The van der Waals surface area contributed by atoms with Crippen LogP contribution in [0.25, 0.3) is 0 Å². The first-order valence-electron chi connectivity index (χ1n) is 1.98. The van der Waals surface area contributed by atoms with Gasteiger partial charge in [0, 0.05) is 0 Å². The Kier molecular flexibility index (Phi) is 2.90. The first-order valence-corrected chi connectivity index (χ1v) is 1.98. The standard InChI is InChI=1S/C4H5F3O2/c1-8-2-3-9-4(5,6)7/h2-3H,1H3. The Bertz CT molecular complexity index is 96.5. The molecule has 0 spiro atoms. The minimum atomic E-state index is -4.62. The molecule has 0 bridgehead atoms. The van der Waals surface area contributed by atoms with Gasteiger partial charge in [-0.2, -0.15) is 0 Å². The van der Waals surface area contributed by atoms with Gasteiger partial charge >= 0.3 is 6.36 Å². The summed E-state index contributed by atoms with van der Waals surface area (Å²) in [4.78, 5) is 0. The van der Waals surface area contributed by atoms with Crippen molar-refractivity contribution in [2.45, 2.75) is 6.36 Å². The number of methoxy groups -OCH3 is 1. The van der Waals surface area contributed by atoms with Crippen molar-refractivity contribution in [3.05, 3.63) is 12.5 Å². The van der Waals surface area contributed by atoms with Crippen molar-refractivity contribution >= 4 is 0 Å². The maximum Gasteiger partial charge on any atom is 0.572 e. The second-order valence-corrected chi connectivity index (χ2v) is 1.07. The fraction of sp³-hybridized carbons (Fsp3) is 0.500. The third-order valence-corrected chi connectivity index (χ3v) is 0.393. The third-order valence-electron chi connectivity index (χ3n) is 0.393. The van der Waals surface area contributed by atoms with E-state index in [9.17, 15) is 13.2 Å². The van der Waals surface area contributed by atoms with E-state index >= 15 is 0 Å². The summed E-state index contributed by atoms with van der Waals surface area (Å²) in [6.45, 7) is 0. The second-order valence-electron chi connectivity index (χ2n) is 1.07. The average molecular weight is 142 g/mol. The van der Waals surface area contributed by atoms with Gasteiger partial charge in [0.15, 0.2) is 0 Å². The van der Waals surface area contributed by atoms with Gasteiger partial charge in [-0.3, -0.25) is 0 Å². The maximum atomic E-state index is 11.0. The largest absolute Gasteiger partial charge is 0.572 e. The number of ether oxygens (including phenoxy) is 2. The molecular weight excluding hydrogens is 137 g/mol. The van der Waals surface area contributed by atoms with E-state index in [4.69, 9.17) is 0 Å². The van der Waals surface area contributed by atoms with Crippen molar-refractivity contribution in [1.29, 1.82) is 0 Å². The summed E-state index contributed by atoms with van der Waals surface area (Å²) in [5.41, 5.74) is 0. The molecule has 5 heteroatoms. The van der Waals surface area contributed by atoms with E-state index in [2.05, 4.69) is 9.47 Å². The molecule has 0 saturated carbocycles. The van der Waals surface area contributed by atoms with Gasteiger partial charge in [-0.25, -0.2) is 0 Å². The highest BCUT2D eigenvalue weighted by molar-refractivity contribution is 4.59. The molecule has 0 atom stereocenters. The van der Waals surface area contributed by atoms with E-state index in [1.807, 2.05) is 0 Å².